The SMILES string of the molecule is c1ccc(-c2ccc3ccc4ccc(-c5cccc(-c6ccc(-n7c8ccccc8c8c(-c9ccccc9)nc9ccccc9c87)cc6)c5)nc4c3n2)cc1. The van der Waals surface area contributed by atoms with Gasteiger partial charge in [-0.25, -0.2) is 15.0 Å². The van der Waals surface area contributed by atoms with Crippen LogP contribution >= 0.6 is 0 Å². The number of benzene rings is 7. The standard InChI is InChI=1S/C51H32N4/c1-3-12-34(13-4-1)43-30-26-36-22-23-37-27-31-44(53-50(37)49(36)52-43)39-17-11-16-38(32-39)33-24-28-40(29-25-33)55-46-21-10-8-19-42(46)47-48(35-14-5-2-6-15-35)54-45-20-9-7-18-41(45)51(47)55/h1-32H. The molecule has 11 rings (SSSR count). The molecule has 4 aromatic heterocycles. The van der Waals surface area contributed by atoms with Gasteiger partial charge in [-0.2, -0.15) is 0 Å². The molecular formula is C51H32N4. The second-order valence-corrected chi connectivity index (χ2v) is 14.0. The van der Waals surface area contributed by atoms with E-state index in [1.165, 1.54) is 16.3 Å². The number of fused-ring (bicyclic) bond motifs is 8. The van der Waals surface area contributed by atoms with Gasteiger partial charge in [0.2, 0.25) is 0 Å². The van der Waals surface area contributed by atoms with Gasteiger partial charge in [-0.15, -0.1) is 0 Å². The van der Waals surface area contributed by atoms with Crippen molar-refractivity contribution in [1.82, 2.24) is 19.5 Å². The predicted octanol–water partition coefficient (Wildman–Crippen LogP) is 13.1. The summed E-state index contributed by atoms with van der Waals surface area (Å²) in [5.74, 6) is 0. The Bertz CT molecular complexity index is 3240. The monoisotopic (exact) mass is 700 g/mol. The Kier molecular flexibility index (Phi) is 7.14. The topological polar surface area (TPSA) is 43.6 Å². The van der Waals surface area contributed by atoms with E-state index in [-0.39, 0.29) is 0 Å². The molecule has 11 aromatic rings. The zero-order chi connectivity index (χ0) is 36.3. The van der Waals surface area contributed by atoms with Crippen LogP contribution in [-0.2, 0) is 0 Å². The van der Waals surface area contributed by atoms with Crippen molar-refractivity contribution in [2.24, 2.45) is 0 Å². The zero-order valence-corrected chi connectivity index (χ0v) is 29.8. The van der Waals surface area contributed by atoms with Crippen molar-refractivity contribution >= 4 is 54.5 Å². The maximum atomic E-state index is 5.24. The van der Waals surface area contributed by atoms with E-state index in [4.69, 9.17) is 15.0 Å². The molecule has 0 saturated heterocycles. The van der Waals surface area contributed by atoms with E-state index in [9.17, 15) is 0 Å². The first-order valence-corrected chi connectivity index (χ1v) is 18.6. The Balaban J connectivity index is 1.02. The number of para-hydroxylation sites is 2. The van der Waals surface area contributed by atoms with E-state index >= 15 is 0 Å². The molecule has 0 spiro atoms. The molecule has 0 aliphatic heterocycles. The van der Waals surface area contributed by atoms with Gasteiger partial charge < -0.3 is 4.57 Å². The molecule has 0 unspecified atom stereocenters. The number of aromatic nitrogens is 4. The average molecular weight is 701 g/mol. The third-order valence-electron chi connectivity index (χ3n) is 10.8. The fourth-order valence-corrected chi connectivity index (χ4v) is 8.11. The number of nitrogens with zero attached hydrogens (tertiary/aromatic N) is 4. The molecule has 4 heterocycles. The molecule has 0 fully saturated rings. The molecular weight excluding hydrogens is 669 g/mol. The Morgan fingerprint density at radius 3 is 1.65 bits per heavy atom. The number of pyridine rings is 3. The minimum absolute atomic E-state index is 0.909. The fourth-order valence-electron chi connectivity index (χ4n) is 8.11. The second-order valence-electron chi connectivity index (χ2n) is 14.0. The molecule has 0 N–H and O–H groups in total. The van der Waals surface area contributed by atoms with Crippen molar-refractivity contribution < 1.29 is 0 Å². The van der Waals surface area contributed by atoms with Crippen molar-refractivity contribution in [1.29, 1.82) is 0 Å². The van der Waals surface area contributed by atoms with Crippen LogP contribution in [0.4, 0.5) is 0 Å². The van der Waals surface area contributed by atoms with Crippen LogP contribution in [0.1, 0.15) is 0 Å². The highest BCUT2D eigenvalue weighted by molar-refractivity contribution is 6.22. The molecule has 0 radical (unpaired) electrons. The first-order valence-electron chi connectivity index (χ1n) is 18.6. The van der Waals surface area contributed by atoms with Gasteiger partial charge >= 0.3 is 0 Å². The van der Waals surface area contributed by atoms with E-state index in [1.807, 2.05) is 18.2 Å². The highest BCUT2D eigenvalue weighted by Crippen LogP contribution is 2.41. The van der Waals surface area contributed by atoms with E-state index in [0.29, 0.717) is 0 Å². The molecule has 0 aliphatic carbocycles. The van der Waals surface area contributed by atoms with Gasteiger partial charge in [0.05, 0.1) is 44.7 Å². The average Bonchev–Trinajstić information content (AvgIpc) is 3.62. The Hall–Kier alpha value is -7.43. The minimum Gasteiger partial charge on any atom is -0.308 e. The highest BCUT2D eigenvalue weighted by atomic mass is 15.0. The molecule has 0 atom stereocenters. The maximum Gasteiger partial charge on any atom is 0.0972 e. The van der Waals surface area contributed by atoms with Crippen LogP contribution in [0.15, 0.2) is 194 Å². The quantitative estimate of drug-likeness (QED) is 0.168. The van der Waals surface area contributed by atoms with Crippen molar-refractivity contribution in [2.45, 2.75) is 0 Å². The van der Waals surface area contributed by atoms with E-state index in [2.05, 4.69) is 180 Å². The predicted molar refractivity (Wildman–Crippen MR) is 228 cm³/mol. The highest BCUT2D eigenvalue weighted by Gasteiger charge is 2.20. The summed E-state index contributed by atoms with van der Waals surface area (Å²) in [6.07, 6.45) is 0. The van der Waals surface area contributed by atoms with E-state index < -0.39 is 0 Å². The normalized spacial score (nSPS) is 11.6. The molecule has 0 bridgehead atoms. The van der Waals surface area contributed by atoms with Gasteiger partial charge in [-0.05, 0) is 53.6 Å². The first-order chi connectivity index (χ1) is 27.3. The van der Waals surface area contributed by atoms with Gasteiger partial charge in [-0.3, -0.25) is 0 Å². The van der Waals surface area contributed by atoms with Crippen molar-refractivity contribution in [3.8, 4) is 50.6 Å². The summed E-state index contributed by atoms with van der Waals surface area (Å²) >= 11 is 0. The van der Waals surface area contributed by atoms with Gasteiger partial charge in [0.1, 0.15) is 0 Å². The third-order valence-corrected chi connectivity index (χ3v) is 10.8. The fraction of sp³-hybridized carbons (Fsp3) is 0. The van der Waals surface area contributed by atoms with Crippen molar-refractivity contribution in [3.63, 3.8) is 0 Å². The lowest BCUT2D eigenvalue weighted by molar-refractivity contribution is 1.18. The Labute approximate surface area is 317 Å². The molecule has 4 nitrogen and oxygen atoms in total. The van der Waals surface area contributed by atoms with Crippen LogP contribution in [0.3, 0.4) is 0 Å². The van der Waals surface area contributed by atoms with Crippen LogP contribution in [0.2, 0.25) is 0 Å². The summed E-state index contributed by atoms with van der Waals surface area (Å²) in [6, 6.07) is 68.4. The van der Waals surface area contributed by atoms with E-state index in [0.717, 1.165) is 88.8 Å². The maximum absolute atomic E-state index is 5.24. The van der Waals surface area contributed by atoms with Crippen molar-refractivity contribution in [3.05, 3.63) is 194 Å². The Morgan fingerprint density at radius 2 is 0.927 bits per heavy atom. The summed E-state index contributed by atoms with van der Waals surface area (Å²) in [5, 5.41) is 5.64. The summed E-state index contributed by atoms with van der Waals surface area (Å²) in [5.41, 5.74) is 14.6. The summed E-state index contributed by atoms with van der Waals surface area (Å²) in [6.45, 7) is 0. The van der Waals surface area contributed by atoms with Crippen LogP contribution in [0, 0.1) is 0 Å². The van der Waals surface area contributed by atoms with Gasteiger partial charge in [-0.1, -0.05) is 152 Å². The van der Waals surface area contributed by atoms with Crippen LogP contribution in [0.5, 0.6) is 0 Å². The molecule has 0 amide bonds. The van der Waals surface area contributed by atoms with Crippen LogP contribution < -0.4 is 0 Å². The molecule has 0 aliphatic rings. The lowest BCUT2D eigenvalue weighted by atomic mass is 10.0. The summed E-state index contributed by atoms with van der Waals surface area (Å²) in [4.78, 5) is 15.6. The number of rotatable bonds is 5. The summed E-state index contributed by atoms with van der Waals surface area (Å²) in [7, 11) is 0. The van der Waals surface area contributed by atoms with Crippen molar-refractivity contribution in [2.75, 3.05) is 0 Å². The number of hydrogen-bond donors (Lipinski definition) is 0. The number of hydrogen-bond acceptors (Lipinski definition) is 3. The Morgan fingerprint density at radius 1 is 0.364 bits per heavy atom. The molecule has 55 heavy (non-hydrogen) atoms. The smallest absolute Gasteiger partial charge is 0.0972 e. The second kappa shape index (κ2) is 12.6. The molecule has 256 valence electrons. The lowest BCUT2D eigenvalue weighted by Crippen LogP contribution is -1.96. The van der Waals surface area contributed by atoms with Gasteiger partial charge in [0.25, 0.3) is 0 Å². The minimum atomic E-state index is 0.909. The molecule has 0 saturated carbocycles. The largest absolute Gasteiger partial charge is 0.308 e. The summed E-state index contributed by atoms with van der Waals surface area (Å²) < 4.78 is 2.40. The first kappa shape index (κ1) is 31.1. The van der Waals surface area contributed by atoms with Crippen LogP contribution in [-0.4, -0.2) is 19.5 Å². The zero-order valence-electron chi connectivity index (χ0n) is 29.8. The van der Waals surface area contributed by atoms with Crippen LogP contribution in [0.25, 0.3) is 105 Å². The van der Waals surface area contributed by atoms with E-state index in [1.54, 1.807) is 0 Å². The van der Waals surface area contributed by atoms with Gasteiger partial charge in [0, 0.05) is 49.3 Å². The third kappa shape index (κ3) is 5.19. The molecule has 4 heteroatoms. The molecule has 7 aromatic carbocycles. The lowest BCUT2D eigenvalue weighted by Gasteiger charge is -2.13. The van der Waals surface area contributed by atoms with Gasteiger partial charge in [0.15, 0.2) is 0 Å².